The lowest BCUT2D eigenvalue weighted by Crippen LogP contribution is -2.40. The summed E-state index contributed by atoms with van der Waals surface area (Å²) in [4.78, 5) is 4.14. The maximum Gasteiger partial charge on any atom is 0.211 e. The van der Waals surface area contributed by atoms with E-state index in [9.17, 15) is 8.42 Å². The van der Waals surface area contributed by atoms with E-state index in [2.05, 4.69) is 15.6 Å². The summed E-state index contributed by atoms with van der Waals surface area (Å²) in [5.41, 5.74) is 0. The molecule has 0 saturated heterocycles. The number of sulfonamides is 1. The highest BCUT2D eigenvalue weighted by molar-refractivity contribution is 14.0. The van der Waals surface area contributed by atoms with Gasteiger partial charge in [0.05, 0.1) is 12.5 Å². The highest BCUT2D eigenvalue weighted by atomic mass is 127. The van der Waals surface area contributed by atoms with Crippen LogP contribution in [0.4, 0.5) is 0 Å². The van der Waals surface area contributed by atoms with Crippen LogP contribution in [-0.2, 0) is 21.4 Å². The Morgan fingerprint density at radius 2 is 2.00 bits per heavy atom. The summed E-state index contributed by atoms with van der Waals surface area (Å²) < 4.78 is 35.2. The molecule has 0 aliphatic heterocycles. The minimum atomic E-state index is -3.12. The van der Waals surface area contributed by atoms with E-state index in [1.807, 2.05) is 19.1 Å². The first-order valence-electron chi connectivity index (χ1n) is 8.47. The molecule has 10 heteroatoms. The highest BCUT2D eigenvalue weighted by Gasteiger charge is 2.13. The lowest BCUT2D eigenvalue weighted by atomic mass is 10.4. The summed E-state index contributed by atoms with van der Waals surface area (Å²) in [5.74, 6) is 1.52. The molecule has 0 amide bonds. The van der Waals surface area contributed by atoms with Crippen molar-refractivity contribution < 1.29 is 17.6 Å². The number of hydrogen-bond acceptors (Lipinski definition) is 5. The van der Waals surface area contributed by atoms with Gasteiger partial charge < -0.3 is 19.8 Å². The van der Waals surface area contributed by atoms with Crippen molar-refractivity contribution in [3.05, 3.63) is 24.2 Å². The van der Waals surface area contributed by atoms with Crippen LogP contribution in [0, 0.1) is 0 Å². The molecule has 0 aromatic carbocycles. The minimum absolute atomic E-state index is 0. The Hall–Kier alpha value is -0.850. The van der Waals surface area contributed by atoms with Gasteiger partial charge in [0.25, 0.3) is 0 Å². The normalized spacial score (nSPS) is 12.1. The van der Waals surface area contributed by atoms with Gasteiger partial charge in [-0.3, -0.25) is 4.99 Å². The number of nitrogens with one attached hydrogen (secondary N) is 2. The largest absolute Gasteiger partial charge is 0.467 e. The second kappa shape index (κ2) is 14.2. The van der Waals surface area contributed by atoms with Crippen LogP contribution >= 0.6 is 24.0 Å². The first-order valence-corrected chi connectivity index (χ1v) is 10.3. The van der Waals surface area contributed by atoms with Crippen LogP contribution in [0.25, 0.3) is 0 Å². The molecule has 0 radical (unpaired) electrons. The molecule has 1 rings (SSSR count). The van der Waals surface area contributed by atoms with Crippen molar-refractivity contribution >= 4 is 40.0 Å². The van der Waals surface area contributed by atoms with Crippen molar-refractivity contribution in [3.63, 3.8) is 0 Å². The van der Waals surface area contributed by atoms with Crippen LogP contribution in [-0.4, -0.2) is 64.8 Å². The number of guanidine groups is 1. The van der Waals surface area contributed by atoms with Crippen LogP contribution in [0.5, 0.6) is 0 Å². The van der Waals surface area contributed by atoms with E-state index in [0.29, 0.717) is 45.2 Å². The van der Waals surface area contributed by atoms with Gasteiger partial charge in [-0.1, -0.05) is 6.92 Å². The van der Waals surface area contributed by atoms with E-state index in [-0.39, 0.29) is 24.0 Å². The van der Waals surface area contributed by atoms with E-state index in [0.717, 1.165) is 18.7 Å². The SMILES string of the molecule is CCN(CCCNC(=NC)NCCCOCc1ccco1)S(C)(=O)=O.I. The van der Waals surface area contributed by atoms with Crippen LogP contribution in [0.15, 0.2) is 27.8 Å². The first kappa shape index (κ1) is 25.1. The second-order valence-corrected chi connectivity index (χ2v) is 7.50. The molecule has 0 atom stereocenters. The summed E-state index contributed by atoms with van der Waals surface area (Å²) in [6.07, 6.45) is 4.43. The second-order valence-electron chi connectivity index (χ2n) is 5.52. The van der Waals surface area contributed by atoms with Gasteiger partial charge in [0.2, 0.25) is 10.0 Å². The maximum atomic E-state index is 11.5. The Morgan fingerprint density at radius 3 is 2.54 bits per heavy atom. The third-order valence-corrected chi connectivity index (χ3v) is 4.88. The molecule has 8 nitrogen and oxygen atoms in total. The number of nitrogens with zero attached hydrogens (tertiary/aromatic N) is 2. The molecule has 0 spiro atoms. The van der Waals surface area contributed by atoms with E-state index >= 15 is 0 Å². The van der Waals surface area contributed by atoms with Crippen molar-refractivity contribution in [2.45, 2.75) is 26.4 Å². The van der Waals surface area contributed by atoms with Crippen LogP contribution in [0.2, 0.25) is 0 Å². The Kier molecular flexibility index (Phi) is 13.8. The molecule has 0 bridgehead atoms. The fraction of sp³-hybridized carbons (Fsp3) is 0.688. The van der Waals surface area contributed by atoms with Crippen LogP contribution < -0.4 is 10.6 Å². The monoisotopic (exact) mass is 502 g/mol. The first-order chi connectivity index (χ1) is 12.0. The third kappa shape index (κ3) is 11.0. The lowest BCUT2D eigenvalue weighted by molar-refractivity contribution is 0.105. The summed E-state index contributed by atoms with van der Waals surface area (Å²) in [5, 5.41) is 6.37. The molecule has 1 heterocycles. The van der Waals surface area contributed by atoms with E-state index in [1.54, 1.807) is 13.3 Å². The molecule has 0 saturated carbocycles. The third-order valence-electron chi connectivity index (χ3n) is 3.50. The zero-order valence-corrected chi connectivity index (χ0v) is 18.9. The van der Waals surface area contributed by atoms with Crippen molar-refractivity contribution in [3.8, 4) is 0 Å². The van der Waals surface area contributed by atoms with Crippen molar-refractivity contribution in [2.24, 2.45) is 4.99 Å². The summed E-state index contributed by atoms with van der Waals surface area (Å²) in [6.45, 7) is 5.33. The topological polar surface area (TPSA) is 96.2 Å². The number of hydrogen-bond donors (Lipinski definition) is 2. The predicted octanol–water partition coefficient (Wildman–Crippen LogP) is 1.64. The molecular weight excluding hydrogens is 471 g/mol. The average molecular weight is 502 g/mol. The molecule has 0 unspecified atom stereocenters. The van der Waals surface area contributed by atoms with E-state index in [4.69, 9.17) is 9.15 Å². The Balaban J connectivity index is 0.00000625. The molecule has 26 heavy (non-hydrogen) atoms. The van der Waals surface area contributed by atoms with Gasteiger partial charge in [0.1, 0.15) is 12.4 Å². The molecule has 0 fully saturated rings. The number of aliphatic imine (C=N–C) groups is 1. The Labute approximate surface area is 173 Å². The van der Waals surface area contributed by atoms with Crippen molar-refractivity contribution in [1.29, 1.82) is 0 Å². The van der Waals surface area contributed by atoms with Gasteiger partial charge in [0.15, 0.2) is 5.96 Å². The lowest BCUT2D eigenvalue weighted by Gasteiger charge is -2.18. The summed E-state index contributed by atoms with van der Waals surface area (Å²) >= 11 is 0. The molecule has 0 aliphatic carbocycles. The van der Waals surface area contributed by atoms with E-state index < -0.39 is 10.0 Å². The van der Waals surface area contributed by atoms with Gasteiger partial charge in [-0.25, -0.2) is 12.7 Å². The van der Waals surface area contributed by atoms with Gasteiger partial charge >= 0.3 is 0 Å². The van der Waals surface area contributed by atoms with Gasteiger partial charge in [-0.2, -0.15) is 0 Å². The highest BCUT2D eigenvalue weighted by Crippen LogP contribution is 2.01. The summed E-state index contributed by atoms with van der Waals surface area (Å²) in [6, 6.07) is 3.72. The zero-order chi connectivity index (χ0) is 18.5. The molecular formula is C16H31IN4O4S. The Bertz CT molecular complexity index is 593. The number of halogens is 1. The summed E-state index contributed by atoms with van der Waals surface area (Å²) in [7, 11) is -1.42. The quantitative estimate of drug-likeness (QED) is 0.195. The smallest absolute Gasteiger partial charge is 0.211 e. The average Bonchev–Trinajstić information content (AvgIpc) is 3.08. The van der Waals surface area contributed by atoms with Gasteiger partial charge in [-0.05, 0) is 25.0 Å². The van der Waals surface area contributed by atoms with E-state index in [1.165, 1.54) is 10.6 Å². The number of ether oxygens (including phenoxy) is 1. The van der Waals surface area contributed by atoms with Gasteiger partial charge in [0, 0.05) is 39.8 Å². The zero-order valence-electron chi connectivity index (χ0n) is 15.7. The Morgan fingerprint density at radius 1 is 1.31 bits per heavy atom. The van der Waals surface area contributed by atoms with Crippen molar-refractivity contribution in [2.75, 3.05) is 46.1 Å². The molecule has 1 aromatic rings. The molecule has 1 aromatic heterocycles. The fourth-order valence-corrected chi connectivity index (χ4v) is 3.12. The van der Waals surface area contributed by atoms with Crippen LogP contribution in [0.1, 0.15) is 25.5 Å². The number of furan rings is 1. The molecule has 2 N–H and O–H groups in total. The van der Waals surface area contributed by atoms with Crippen LogP contribution in [0.3, 0.4) is 0 Å². The fourth-order valence-electron chi connectivity index (χ4n) is 2.19. The maximum absolute atomic E-state index is 11.5. The standard InChI is InChI=1S/C16H30N4O4S.HI/c1-4-20(25(3,21)22)11-6-9-18-16(17-2)19-10-7-12-23-14-15-8-5-13-24-15;/h5,8,13H,4,6-7,9-12,14H2,1-3H3,(H2,17,18,19);1H. The van der Waals surface area contributed by atoms with Gasteiger partial charge in [-0.15, -0.1) is 24.0 Å². The van der Waals surface area contributed by atoms with Crippen molar-refractivity contribution in [1.82, 2.24) is 14.9 Å². The molecule has 0 aliphatic rings. The molecule has 152 valence electrons. The predicted molar refractivity (Wildman–Crippen MR) is 114 cm³/mol. The minimum Gasteiger partial charge on any atom is -0.467 e. The number of rotatable bonds is 12.